The summed E-state index contributed by atoms with van der Waals surface area (Å²) in [7, 11) is 0. The van der Waals surface area contributed by atoms with Crippen molar-refractivity contribution >= 4 is 11.9 Å². The molecule has 0 spiro atoms. The summed E-state index contributed by atoms with van der Waals surface area (Å²) in [5, 5.41) is 20.0. The van der Waals surface area contributed by atoms with Crippen LogP contribution >= 0.6 is 0 Å². The van der Waals surface area contributed by atoms with Crippen molar-refractivity contribution in [3.63, 3.8) is 0 Å². The van der Waals surface area contributed by atoms with E-state index in [4.69, 9.17) is 5.11 Å². The first-order valence-electron chi connectivity index (χ1n) is 4.58. The maximum absolute atomic E-state index is 10.8. The first kappa shape index (κ1) is 12.9. The molecule has 0 aromatic heterocycles. The third-order valence-electron chi connectivity index (χ3n) is 1.59. The van der Waals surface area contributed by atoms with Crippen LogP contribution in [0.2, 0.25) is 0 Å². The lowest BCUT2D eigenvalue weighted by molar-refractivity contribution is -0.140. The van der Waals surface area contributed by atoms with Gasteiger partial charge in [-0.05, 0) is 12.3 Å². The molecule has 5 nitrogen and oxygen atoms in total. The van der Waals surface area contributed by atoms with Crippen LogP contribution in [-0.4, -0.2) is 34.7 Å². The van der Waals surface area contributed by atoms with Crippen LogP contribution in [0.5, 0.6) is 0 Å². The summed E-state index contributed by atoms with van der Waals surface area (Å²) < 4.78 is 0. The number of hydrogen-bond acceptors (Lipinski definition) is 3. The fourth-order valence-corrected chi connectivity index (χ4v) is 1.06. The summed E-state index contributed by atoms with van der Waals surface area (Å²) in [5.41, 5.74) is 0. The number of hydrogen-bond donors (Lipinski definition) is 3. The normalized spacial score (nSPS) is 12.6. The second-order valence-corrected chi connectivity index (χ2v) is 3.66. The zero-order valence-electron chi connectivity index (χ0n) is 8.49. The molecule has 0 saturated carbocycles. The van der Waals surface area contributed by atoms with E-state index in [9.17, 15) is 14.7 Å². The molecule has 14 heavy (non-hydrogen) atoms. The summed E-state index contributed by atoms with van der Waals surface area (Å²) in [4.78, 5) is 20.9. The zero-order chi connectivity index (χ0) is 11.1. The van der Waals surface area contributed by atoms with Crippen molar-refractivity contribution in [2.75, 3.05) is 6.54 Å². The first-order valence-corrected chi connectivity index (χ1v) is 4.58. The summed E-state index contributed by atoms with van der Waals surface area (Å²) in [6.45, 7) is 4.04. The van der Waals surface area contributed by atoms with E-state index < -0.39 is 24.4 Å². The molecule has 0 saturated heterocycles. The summed E-state index contributed by atoms with van der Waals surface area (Å²) >= 11 is 0. The second kappa shape index (κ2) is 6.37. The highest BCUT2D eigenvalue weighted by Crippen LogP contribution is 2.03. The van der Waals surface area contributed by atoms with Crippen LogP contribution < -0.4 is 5.32 Å². The minimum Gasteiger partial charge on any atom is -0.481 e. The smallest absolute Gasteiger partial charge is 0.312 e. The van der Waals surface area contributed by atoms with Crippen LogP contribution in [-0.2, 0) is 9.59 Å². The van der Waals surface area contributed by atoms with Gasteiger partial charge in [-0.15, -0.1) is 0 Å². The first-order chi connectivity index (χ1) is 6.41. The number of aliphatic carboxylic acids is 1. The van der Waals surface area contributed by atoms with Gasteiger partial charge in [0.25, 0.3) is 0 Å². The van der Waals surface area contributed by atoms with Crippen LogP contribution in [0.4, 0.5) is 0 Å². The number of carbonyl (C=O) groups is 2. The molecule has 0 bridgehead atoms. The number of rotatable bonds is 6. The Kier molecular flexibility index (Phi) is 5.87. The van der Waals surface area contributed by atoms with E-state index in [1.165, 1.54) is 0 Å². The number of aliphatic hydroxyl groups is 1. The maximum atomic E-state index is 10.8. The molecule has 0 heterocycles. The van der Waals surface area contributed by atoms with Gasteiger partial charge in [0.05, 0.1) is 6.10 Å². The van der Waals surface area contributed by atoms with Gasteiger partial charge in [-0.3, -0.25) is 9.59 Å². The van der Waals surface area contributed by atoms with E-state index in [2.05, 4.69) is 5.32 Å². The highest BCUT2D eigenvalue weighted by molar-refractivity contribution is 5.93. The number of aliphatic hydroxyl groups excluding tert-OH is 1. The van der Waals surface area contributed by atoms with Gasteiger partial charge in [0.1, 0.15) is 6.42 Å². The van der Waals surface area contributed by atoms with E-state index in [-0.39, 0.29) is 6.54 Å². The van der Waals surface area contributed by atoms with Crippen molar-refractivity contribution in [3.8, 4) is 0 Å². The van der Waals surface area contributed by atoms with Gasteiger partial charge in [-0.1, -0.05) is 13.8 Å². The van der Waals surface area contributed by atoms with Crippen LogP contribution in [0.3, 0.4) is 0 Å². The van der Waals surface area contributed by atoms with E-state index in [1.807, 2.05) is 13.8 Å². The molecule has 0 aromatic carbocycles. The van der Waals surface area contributed by atoms with Gasteiger partial charge < -0.3 is 15.5 Å². The molecule has 0 aliphatic carbocycles. The number of nitrogens with one attached hydrogen (secondary N) is 1. The van der Waals surface area contributed by atoms with E-state index in [0.29, 0.717) is 12.3 Å². The highest BCUT2D eigenvalue weighted by Gasteiger charge is 2.10. The van der Waals surface area contributed by atoms with Crippen molar-refractivity contribution in [2.24, 2.45) is 5.92 Å². The number of amides is 1. The quantitative estimate of drug-likeness (QED) is 0.530. The molecule has 1 unspecified atom stereocenters. The average molecular weight is 203 g/mol. The molecule has 0 aromatic rings. The van der Waals surface area contributed by atoms with Crippen molar-refractivity contribution in [3.05, 3.63) is 0 Å². The van der Waals surface area contributed by atoms with Gasteiger partial charge in [-0.25, -0.2) is 0 Å². The van der Waals surface area contributed by atoms with Crippen molar-refractivity contribution in [1.29, 1.82) is 0 Å². The predicted molar refractivity (Wildman–Crippen MR) is 50.7 cm³/mol. The topological polar surface area (TPSA) is 86.6 Å². The number of carboxylic acid groups (broad SMARTS) is 1. The molecule has 0 rings (SSSR count). The monoisotopic (exact) mass is 203 g/mol. The molecule has 3 N–H and O–H groups in total. The molecule has 0 aliphatic heterocycles. The van der Waals surface area contributed by atoms with E-state index in [0.717, 1.165) is 0 Å². The number of carboxylic acids is 1. The van der Waals surface area contributed by atoms with Crippen LogP contribution in [0.25, 0.3) is 0 Å². The third kappa shape index (κ3) is 7.54. The van der Waals surface area contributed by atoms with Crippen LogP contribution in [0.1, 0.15) is 26.7 Å². The Morgan fingerprint density at radius 3 is 2.36 bits per heavy atom. The predicted octanol–water partition coefficient (Wildman–Crippen LogP) is -0.0157. The lowest BCUT2D eigenvalue weighted by atomic mass is 10.1. The highest BCUT2D eigenvalue weighted by atomic mass is 16.4. The Bertz CT molecular complexity index is 203. The molecule has 82 valence electrons. The summed E-state index contributed by atoms with van der Waals surface area (Å²) in [6, 6.07) is 0. The molecule has 0 fully saturated rings. The lowest BCUT2D eigenvalue weighted by Crippen LogP contribution is -2.33. The molecule has 0 radical (unpaired) electrons. The fourth-order valence-electron chi connectivity index (χ4n) is 1.06. The molecule has 1 atom stereocenters. The van der Waals surface area contributed by atoms with Crippen LogP contribution in [0.15, 0.2) is 0 Å². The maximum Gasteiger partial charge on any atom is 0.312 e. The zero-order valence-corrected chi connectivity index (χ0v) is 8.49. The molecule has 0 aliphatic rings. The van der Waals surface area contributed by atoms with Gasteiger partial charge in [-0.2, -0.15) is 0 Å². The lowest BCUT2D eigenvalue weighted by Gasteiger charge is -2.13. The van der Waals surface area contributed by atoms with Gasteiger partial charge in [0.15, 0.2) is 0 Å². The summed E-state index contributed by atoms with van der Waals surface area (Å²) in [5.74, 6) is -1.39. The van der Waals surface area contributed by atoms with Gasteiger partial charge >= 0.3 is 5.97 Å². The Hall–Kier alpha value is -1.10. The van der Waals surface area contributed by atoms with Gasteiger partial charge in [0.2, 0.25) is 5.91 Å². The van der Waals surface area contributed by atoms with Crippen LogP contribution in [0, 0.1) is 5.92 Å². The fraction of sp³-hybridized carbons (Fsp3) is 0.778. The Morgan fingerprint density at radius 2 is 1.93 bits per heavy atom. The van der Waals surface area contributed by atoms with Crippen molar-refractivity contribution < 1.29 is 19.8 Å². The van der Waals surface area contributed by atoms with E-state index in [1.54, 1.807) is 0 Å². The largest absolute Gasteiger partial charge is 0.481 e. The standard InChI is InChI=1S/C9H17NO4/c1-6(2)3-7(11)5-10-8(12)4-9(13)14/h6-7,11H,3-5H2,1-2H3,(H,10,12)(H,13,14). The minimum absolute atomic E-state index is 0.115. The summed E-state index contributed by atoms with van der Waals surface area (Å²) in [6.07, 6.45) is -0.561. The third-order valence-corrected chi connectivity index (χ3v) is 1.59. The SMILES string of the molecule is CC(C)CC(O)CNC(=O)CC(=O)O. The van der Waals surface area contributed by atoms with E-state index >= 15 is 0 Å². The van der Waals surface area contributed by atoms with Gasteiger partial charge in [0, 0.05) is 6.54 Å². The average Bonchev–Trinajstić information content (AvgIpc) is 1.98. The number of carbonyl (C=O) groups excluding carboxylic acids is 1. The Morgan fingerprint density at radius 1 is 1.36 bits per heavy atom. The Labute approximate surface area is 83.1 Å². The molecular weight excluding hydrogens is 186 g/mol. The molecule has 5 heteroatoms. The Balaban J connectivity index is 3.61. The van der Waals surface area contributed by atoms with Crippen molar-refractivity contribution in [1.82, 2.24) is 5.32 Å². The van der Waals surface area contributed by atoms with Crippen molar-refractivity contribution in [2.45, 2.75) is 32.8 Å². The molecular formula is C9H17NO4. The molecule has 1 amide bonds. The second-order valence-electron chi connectivity index (χ2n) is 3.66. The minimum atomic E-state index is -1.17.